The summed E-state index contributed by atoms with van der Waals surface area (Å²) in [7, 11) is 0. The molecule has 3 rings (SSSR count). The first-order valence-corrected chi connectivity index (χ1v) is 10.6. The Hall–Kier alpha value is -2.53. The number of nitro groups is 1. The number of nitrogens with one attached hydrogen (secondary N) is 1. The van der Waals surface area contributed by atoms with Crippen LogP contribution >= 0.6 is 27.3 Å². The van der Waals surface area contributed by atoms with Crippen molar-refractivity contribution in [2.24, 2.45) is 5.92 Å². The minimum atomic E-state index is -0.804. The number of piperidine rings is 1. The normalized spacial score (nSPS) is 16.3. The highest BCUT2D eigenvalue weighted by Crippen LogP contribution is 2.32. The molecule has 1 aliphatic heterocycles. The Kier molecular flexibility index (Phi) is 6.80. The Morgan fingerprint density at radius 3 is 2.93 bits per heavy atom. The lowest BCUT2D eigenvalue weighted by Crippen LogP contribution is -2.34. The van der Waals surface area contributed by atoms with Crippen LogP contribution in [-0.2, 0) is 9.53 Å². The zero-order chi connectivity index (χ0) is 21.0. The van der Waals surface area contributed by atoms with Gasteiger partial charge in [-0.1, -0.05) is 18.3 Å². The number of anilines is 2. The van der Waals surface area contributed by atoms with Crippen molar-refractivity contribution < 1.29 is 19.2 Å². The number of carbonyl (C=O) groups is 2. The summed E-state index contributed by atoms with van der Waals surface area (Å²) in [5.74, 6) is -0.902. The van der Waals surface area contributed by atoms with Gasteiger partial charge < -0.3 is 9.64 Å². The molecule has 1 aromatic carbocycles. The molecule has 9 nitrogen and oxygen atoms in total. The second-order valence-corrected chi connectivity index (χ2v) is 9.16. The van der Waals surface area contributed by atoms with Crippen LogP contribution in [0.25, 0.3) is 0 Å². The Morgan fingerprint density at radius 2 is 2.28 bits per heavy atom. The van der Waals surface area contributed by atoms with Crippen LogP contribution in [0.1, 0.15) is 30.1 Å². The molecule has 1 amide bonds. The number of ether oxygens (including phenoxy) is 1. The van der Waals surface area contributed by atoms with Gasteiger partial charge in [0.05, 0.1) is 20.5 Å². The fraction of sp³-hybridized carbons (Fsp3) is 0.389. The summed E-state index contributed by atoms with van der Waals surface area (Å²) in [6, 6.07) is 4.26. The second kappa shape index (κ2) is 9.31. The number of thiazole rings is 1. The summed E-state index contributed by atoms with van der Waals surface area (Å²) < 4.78 is 5.73. The molecular weight excluding hydrogens is 464 g/mol. The Morgan fingerprint density at radius 1 is 1.48 bits per heavy atom. The molecule has 1 saturated heterocycles. The van der Waals surface area contributed by atoms with Gasteiger partial charge >= 0.3 is 5.97 Å². The van der Waals surface area contributed by atoms with E-state index in [-0.39, 0.29) is 11.3 Å². The lowest BCUT2D eigenvalue weighted by molar-refractivity contribution is -0.384. The molecule has 0 spiro atoms. The first kappa shape index (κ1) is 21.2. The van der Waals surface area contributed by atoms with Crippen molar-refractivity contribution >= 4 is 55.6 Å². The summed E-state index contributed by atoms with van der Waals surface area (Å²) in [6.45, 7) is 3.06. The van der Waals surface area contributed by atoms with Gasteiger partial charge in [0.15, 0.2) is 11.7 Å². The van der Waals surface area contributed by atoms with Crippen LogP contribution in [0.5, 0.6) is 0 Å². The Labute approximate surface area is 179 Å². The van der Waals surface area contributed by atoms with Crippen LogP contribution < -0.4 is 10.2 Å². The van der Waals surface area contributed by atoms with Crippen LogP contribution in [0.15, 0.2) is 28.2 Å². The van der Waals surface area contributed by atoms with E-state index >= 15 is 0 Å². The van der Waals surface area contributed by atoms with Crippen molar-refractivity contribution in [1.29, 1.82) is 0 Å². The molecule has 0 radical (unpaired) electrons. The molecule has 29 heavy (non-hydrogen) atoms. The smallest absolute Gasteiger partial charge is 0.338 e. The predicted molar refractivity (Wildman–Crippen MR) is 112 cm³/mol. The van der Waals surface area contributed by atoms with Crippen molar-refractivity contribution in [2.45, 2.75) is 19.8 Å². The maximum Gasteiger partial charge on any atom is 0.338 e. The van der Waals surface area contributed by atoms with Crippen molar-refractivity contribution in [3.63, 3.8) is 0 Å². The number of hydrogen-bond acceptors (Lipinski definition) is 8. The van der Waals surface area contributed by atoms with Gasteiger partial charge in [0, 0.05) is 19.2 Å². The Balaban J connectivity index is 1.66. The number of esters is 1. The van der Waals surface area contributed by atoms with E-state index in [1.54, 1.807) is 6.07 Å². The van der Waals surface area contributed by atoms with E-state index in [4.69, 9.17) is 4.74 Å². The fourth-order valence-electron chi connectivity index (χ4n) is 3.15. The standard InChI is InChI=1S/C18H19BrN4O5S/c1-11-3-2-6-22(9-11)13-5-4-12(7-14(13)23(26)27)17(25)28-10-16(24)21-18-20-8-15(19)29-18/h4-5,7-8,11H,2-3,6,9-10H2,1H3,(H,20,21,24). The number of hydrogen-bond donors (Lipinski definition) is 1. The average Bonchev–Trinajstić information content (AvgIpc) is 3.10. The highest BCUT2D eigenvalue weighted by Gasteiger charge is 2.25. The summed E-state index contributed by atoms with van der Waals surface area (Å²) in [5, 5.41) is 14.4. The summed E-state index contributed by atoms with van der Waals surface area (Å²) in [5.41, 5.74) is 0.367. The van der Waals surface area contributed by atoms with Crippen molar-refractivity contribution in [1.82, 2.24) is 4.98 Å². The number of amides is 1. The quantitative estimate of drug-likeness (QED) is 0.377. The van der Waals surface area contributed by atoms with Crippen LogP contribution in [-0.4, -0.2) is 41.5 Å². The van der Waals surface area contributed by atoms with Gasteiger partial charge in [0.1, 0.15) is 5.69 Å². The molecule has 0 bridgehead atoms. The third kappa shape index (κ3) is 5.51. The number of benzene rings is 1. The molecule has 1 aromatic heterocycles. The third-order valence-corrected chi connectivity index (χ3v) is 5.86. The maximum absolute atomic E-state index is 12.3. The van der Waals surface area contributed by atoms with E-state index in [0.717, 1.165) is 29.7 Å². The number of rotatable bonds is 6. The van der Waals surface area contributed by atoms with E-state index in [0.29, 0.717) is 16.7 Å². The lowest BCUT2D eigenvalue weighted by Gasteiger charge is -2.32. The zero-order valence-corrected chi connectivity index (χ0v) is 18.0. The third-order valence-electron chi connectivity index (χ3n) is 4.46. The molecule has 0 saturated carbocycles. The van der Waals surface area contributed by atoms with Gasteiger partial charge in [0.2, 0.25) is 0 Å². The van der Waals surface area contributed by atoms with Gasteiger partial charge in [-0.3, -0.25) is 20.2 Å². The van der Waals surface area contributed by atoms with Crippen LogP contribution in [0.3, 0.4) is 0 Å². The molecule has 154 valence electrons. The van der Waals surface area contributed by atoms with Gasteiger partial charge in [-0.25, -0.2) is 9.78 Å². The minimum absolute atomic E-state index is 0.0234. The highest BCUT2D eigenvalue weighted by molar-refractivity contribution is 9.11. The molecular formula is C18H19BrN4O5S. The first-order valence-electron chi connectivity index (χ1n) is 8.95. The maximum atomic E-state index is 12.3. The second-order valence-electron chi connectivity index (χ2n) is 6.75. The number of halogens is 1. The number of nitro benzene ring substituents is 1. The SMILES string of the molecule is CC1CCCN(c2ccc(C(=O)OCC(=O)Nc3ncc(Br)s3)cc2[N+](=O)[O-])C1. The molecule has 0 aliphatic carbocycles. The molecule has 11 heteroatoms. The van der Waals surface area contributed by atoms with Gasteiger partial charge in [-0.05, 0) is 46.8 Å². The highest BCUT2D eigenvalue weighted by atomic mass is 79.9. The summed E-state index contributed by atoms with van der Waals surface area (Å²) in [4.78, 5) is 41.1. The van der Waals surface area contributed by atoms with Crippen molar-refractivity contribution in [2.75, 3.05) is 29.9 Å². The molecule has 1 fully saturated rings. The topological polar surface area (TPSA) is 115 Å². The molecule has 2 aromatic rings. The van der Waals surface area contributed by atoms with Crippen molar-refractivity contribution in [3.05, 3.63) is 43.9 Å². The van der Waals surface area contributed by atoms with Crippen LogP contribution in [0, 0.1) is 16.0 Å². The van der Waals surface area contributed by atoms with E-state index < -0.39 is 23.4 Å². The average molecular weight is 483 g/mol. The molecule has 2 heterocycles. The van der Waals surface area contributed by atoms with Gasteiger partial charge in [0.25, 0.3) is 11.6 Å². The summed E-state index contributed by atoms with van der Waals surface area (Å²) in [6.07, 6.45) is 3.59. The summed E-state index contributed by atoms with van der Waals surface area (Å²) >= 11 is 4.45. The van der Waals surface area contributed by atoms with Crippen LogP contribution in [0.4, 0.5) is 16.5 Å². The minimum Gasteiger partial charge on any atom is -0.452 e. The Bertz CT molecular complexity index is 935. The molecule has 1 aliphatic rings. The van der Waals surface area contributed by atoms with Crippen LogP contribution in [0.2, 0.25) is 0 Å². The molecule has 1 atom stereocenters. The first-order chi connectivity index (χ1) is 13.8. The predicted octanol–water partition coefficient (Wildman–Crippen LogP) is 3.85. The fourth-order valence-corrected chi connectivity index (χ4v) is 4.28. The van der Waals surface area contributed by atoms with E-state index in [9.17, 15) is 19.7 Å². The lowest BCUT2D eigenvalue weighted by atomic mass is 9.99. The van der Waals surface area contributed by atoms with E-state index in [2.05, 4.69) is 33.2 Å². The van der Waals surface area contributed by atoms with Crippen molar-refractivity contribution in [3.8, 4) is 0 Å². The van der Waals surface area contributed by atoms with Gasteiger partial charge in [-0.15, -0.1) is 0 Å². The number of nitrogens with zero attached hydrogens (tertiary/aromatic N) is 3. The van der Waals surface area contributed by atoms with Gasteiger partial charge in [-0.2, -0.15) is 0 Å². The monoisotopic (exact) mass is 482 g/mol. The largest absolute Gasteiger partial charge is 0.452 e. The number of aromatic nitrogens is 1. The molecule has 1 N–H and O–H groups in total. The van der Waals surface area contributed by atoms with E-state index in [1.165, 1.54) is 29.7 Å². The zero-order valence-electron chi connectivity index (χ0n) is 15.6. The number of carbonyl (C=O) groups excluding carboxylic acids is 2. The molecule has 1 unspecified atom stereocenters. The van der Waals surface area contributed by atoms with E-state index in [1.807, 2.05) is 4.90 Å².